The van der Waals surface area contributed by atoms with Crippen LogP contribution in [0.15, 0.2) is 46.1 Å². The van der Waals surface area contributed by atoms with E-state index >= 15 is 0 Å². The highest BCUT2D eigenvalue weighted by atomic mass is 35.5. The van der Waals surface area contributed by atoms with E-state index in [1.165, 1.54) is 19.2 Å². The van der Waals surface area contributed by atoms with Crippen LogP contribution in [-0.4, -0.2) is 25.5 Å². The summed E-state index contributed by atoms with van der Waals surface area (Å²) in [7, 11) is -2.38. The predicted molar refractivity (Wildman–Crippen MR) is 87.7 cm³/mol. The van der Waals surface area contributed by atoms with Gasteiger partial charge in [0.25, 0.3) is 10.0 Å². The molecule has 1 aromatic heterocycles. The Balaban J connectivity index is 2.01. The molecule has 0 bridgehead atoms. The molecular weight excluding hydrogens is 342 g/mol. The lowest BCUT2D eigenvalue weighted by molar-refractivity contribution is 0.415. The molecule has 0 aliphatic heterocycles. The van der Waals surface area contributed by atoms with Crippen LogP contribution in [0.2, 0.25) is 5.02 Å². The van der Waals surface area contributed by atoms with Gasteiger partial charge in [-0.3, -0.25) is 4.72 Å². The highest BCUT2D eigenvalue weighted by Crippen LogP contribution is 2.27. The van der Waals surface area contributed by atoms with Crippen molar-refractivity contribution < 1.29 is 13.2 Å². The highest BCUT2D eigenvalue weighted by Gasteiger charge is 2.20. The minimum absolute atomic E-state index is 0.00811. The summed E-state index contributed by atoms with van der Waals surface area (Å²) in [6.45, 7) is 0. The number of benzene rings is 2. The number of halogens is 1. The molecule has 0 fully saturated rings. The molecule has 3 N–H and O–H groups in total. The van der Waals surface area contributed by atoms with Crippen LogP contribution in [0.1, 0.15) is 0 Å². The predicted octanol–water partition coefficient (Wildman–Crippen LogP) is 2.32. The number of rotatable bonds is 4. The fourth-order valence-corrected chi connectivity index (χ4v) is 3.72. The zero-order valence-corrected chi connectivity index (χ0v) is 13.5. The van der Waals surface area contributed by atoms with Gasteiger partial charge in [-0.05, 0) is 36.4 Å². The summed E-state index contributed by atoms with van der Waals surface area (Å²) in [5.41, 5.74) is 0.719. The maximum atomic E-state index is 12.5. The average molecular weight is 354 g/mol. The number of aromatic amines is 2. The molecule has 3 aromatic rings. The van der Waals surface area contributed by atoms with Crippen molar-refractivity contribution in [2.75, 3.05) is 11.8 Å². The van der Waals surface area contributed by atoms with Crippen LogP contribution in [-0.2, 0) is 10.0 Å². The second-order valence-electron chi connectivity index (χ2n) is 4.74. The molecule has 23 heavy (non-hydrogen) atoms. The van der Waals surface area contributed by atoms with Gasteiger partial charge in [-0.15, -0.1) is 0 Å². The first-order valence-electron chi connectivity index (χ1n) is 6.47. The third kappa shape index (κ3) is 3.03. The van der Waals surface area contributed by atoms with E-state index < -0.39 is 15.7 Å². The minimum atomic E-state index is -3.90. The maximum absolute atomic E-state index is 12.5. The lowest BCUT2D eigenvalue weighted by Crippen LogP contribution is -2.13. The van der Waals surface area contributed by atoms with E-state index in [0.717, 1.165) is 0 Å². The number of aromatic nitrogens is 2. The van der Waals surface area contributed by atoms with Crippen LogP contribution in [0.4, 0.5) is 5.69 Å². The average Bonchev–Trinajstić information content (AvgIpc) is 2.85. The molecule has 0 amide bonds. The SMILES string of the molecule is COc1ccc(NS(=O)(=O)c2cc3[nH]c(=O)[nH]c3cc2Cl)cc1. The number of sulfonamides is 1. The Morgan fingerprint density at radius 1 is 1.09 bits per heavy atom. The molecule has 0 aliphatic carbocycles. The maximum Gasteiger partial charge on any atom is 0.323 e. The summed E-state index contributed by atoms with van der Waals surface area (Å²) in [6, 6.07) is 9.10. The third-order valence-corrected chi connectivity index (χ3v) is 5.05. The van der Waals surface area contributed by atoms with Crippen LogP contribution >= 0.6 is 11.6 Å². The molecule has 120 valence electrons. The van der Waals surface area contributed by atoms with E-state index in [-0.39, 0.29) is 9.92 Å². The summed E-state index contributed by atoms with van der Waals surface area (Å²) in [4.78, 5) is 16.2. The first kappa shape index (κ1) is 15.4. The minimum Gasteiger partial charge on any atom is -0.497 e. The normalized spacial score (nSPS) is 11.6. The van der Waals surface area contributed by atoms with Crippen LogP contribution < -0.4 is 15.1 Å². The van der Waals surface area contributed by atoms with Crippen molar-refractivity contribution in [1.82, 2.24) is 9.97 Å². The van der Waals surface area contributed by atoms with Crippen molar-refractivity contribution in [3.8, 4) is 5.75 Å². The monoisotopic (exact) mass is 353 g/mol. The zero-order valence-electron chi connectivity index (χ0n) is 11.9. The summed E-state index contributed by atoms with van der Waals surface area (Å²) in [5.74, 6) is 0.609. The van der Waals surface area contributed by atoms with Gasteiger partial charge in [-0.2, -0.15) is 0 Å². The van der Waals surface area contributed by atoms with Gasteiger partial charge in [0, 0.05) is 5.69 Å². The lowest BCUT2D eigenvalue weighted by atomic mass is 10.3. The molecule has 3 rings (SSSR count). The molecule has 0 radical (unpaired) electrons. The van der Waals surface area contributed by atoms with E-state index in [4.69, 9.17) is 16.3 Å². The number of fused-ring (bicyclic) bond motifs is 1. The molecule has 0 aliphatic rings. The Morgan fingerprint density at radius 2 is 1.70 bits per heavy atom. The molecule has 9 heteroatoms. The molecule has 0 saturated heterocycles. The quantitative estimate of drug-likeness (QED) is 0.669. The molecule has 0 atom stereocenters. The fourth-order valence-electron chi connectivity index (χ4n) is 2.11. The highest BCUT2D eigenvalue weighted by molar-refractivity contribution is 7.92. The van der Waals surface area contributed by atoms with Gasteiger partial charge in [0.1, 0.15) is 10.6 Å². The van der Waals surface area contributed by atoms with E-state index in [9.17, 15) is 13.2 Å². The Morgan fingerprint density at radius 3 is 2.30 bits per heavy atom. The molecule has 2 aromatic carbocycles. The van der Waals surface area contributed by atoms with E-state index in [2.05, 4.69) is 14.7 Å². The van der Waals surface area contributed by atoms with Crippen LogP contribution in [0.5, 0.6) is 5.75 Å². The Kier molecular flexibility index (Phi) is 3.78. The Labute approximate surface area is 136 Å². The number of methoxy groups -OCH3 is 1. The first-order chi connectivity index (χ1) is 10.9. The van der Waals surface area contributed by atoms with Crippen molar-refractivity contribution in [1.29, 1.82) is 0 Å². The zero-order chi connectivity index (χ0) is 16.6. The summed E-state index contributed by atoms with van der Waals surface area (Å²) in [6.07, 6.45) is 0. The van der Waals surface area contributed by atoms with E-state index in [1.54, 1.807) is 24.3 Å². The van der Waals surface area contributed by atoms with Gasteiger partial charge in [0.05, 0.1) is 23.2 Å². The molecule has 1 heterocycles. The van der Waals surface area contributed by atoms with Gasteiger partial charge in [0.2, 0.25) is 0 Å². The smallest absolute Gasteiger partial charge is 0.323 e. The van der Waals surface area contributed by atoms with Gasteiger partial charge >= 0.3 is 5.69 Å². The number of hydrogen-bond acceptors (Lipinski definition) is 4. The molecule has 0 saturated carbocycles. The second kappa shape index (κ2) is 5.64. The van der Waals surface area contributed by atoms with Crippen molar-refractivity contribution in [2.45, 2.75) is 4.90 Å². The van der Waals surface area contributed by atoms with E-state index in [1.807, 2.05) is 0 Å². The van der Waals surface area contributed by atoms with Crippen molar-refractivity contribution in [3.63, 3.8) is 0 Å². The van der Waals surface area contributed by atoms with Gasteiger partial charge in [-0.25, -0.2) is 13.2 Å². The summed E-state index contributed by atoms with van der Waals surface area (Å²) < 4.78 is 32.4. The van der Waals surface area contributed by atoms with Crippen LogP contribution in [0.25, 0.3) is 11.0 Å². The largest absolute Gasteiger partial charge is 0.497 e. The summed E-state index contributed by atoms with van der Waals surface area (Å²) >= 11 is 6.04. The first-order valence-corrected chi connectivity index (χ1v) is 8.33. The van der Waals surface area contributed by atoms with Crippen LogP contribution in [0, 0.1) is 0 Å². The topological polar surface area (TPSA) is 104 Å². The van der Waals surface area contributed by atoms with Crippen molar-refractivity contribution in [3.05, 3.63) is 51.9 Å². The van der Waals surface area contributed by atoms with Crippen molar-refractivity contribution in [2.24, 2.45) is 0 Å². The van der Waals surface area contributed by atoms with Crippen molar-refractivity contribution >= 4 is 38.3 Å². The van der Waals surface area contributed by atoms with Gasteiger partial charge < -0.3 is 14.7 Å². The molecular formula is C14H12ClN3O4S. The number of ether oxygens (including phenoxy) is 1. The standard InChI is InChI=1S/C14H12ClN3O4S/c1-22-9-4-2-8(3-5-9)18-23(20,21)13-7-12-11(6-10(13)15)16-14(19)17-12/h2-7,18H,1H3,(H2,16,17,19). The molecule has 0 spiro atoms. The fraction of sp³-hybridized carbons (Fsp3) is 0.0714. The number of nitrogens with one attached hydrogen (secondary N) is 3. The number of H-pyrrole nitrogens is 2. The lowest BCUT2D eigenvalue weighted by Gasteiger charge is -2.10. The number of hydrogen-bond donors (Lipinski definition) is 3. The van der Waals surface area contributed by atoms with Gasteiger partial charge in [0.15, 0.2) is 0 Å². The third-order valence-electron chi connectivity index (χ3n) is 3.20. The molecule has 0 unspecified atom stereocenters. The summed E-state index contributed by atoms with van der Waals surface area (Å²) in [5, 5.41) is 0.00811. The number of anilines is 1. The second-order valence-corrected chi connectivity index (χ2v) is 6.80. The van der Waals surface area contributed by atoms with E-state index in [0.29, 0.717) is 22.5 Å². The molecule has 7 nitrogen and oxygen atoms in total. The Hall–Kier alpha value is -2.45. The van der Waals surface area contributed by atoms with Crippen LogP contribution in [0.3, 0.4) is 0 Å². The Bertz CT molecular complexity index is 1020. The van der Waals surface area contributed by atoms with Gasteiger partial charge in [-0.1, -0.05) is 11.6 Å². The number of imidazole rings is 1.